The quantitative estimate of drug-likeness (QED) is 0.773. The van der Waals surface area contributed by atoms with Gasteiger partial charge in [0.05, 0.1) is 6.61 Å². The van der Waals surface area contributed by atoms with E-state index in [0.29, 0.717) is 37.0 Å². The van der Waals surface area contributed by atoms with Crippen LogP contribution in [0.25, 0.3) is 11.1 Å². The molecule has 2 aromatic carbocycles. The fourth-order valence-corrected chi connectivity index (χ4v) is 3.34. The Kier molecular flexibility index (Phi) is 4.75. The largest absolute Gasteiger partial charge is 0.477 e. The number of fused-ring (bicyclic) bond motifs is 1. The van der Waals surface area contributed by atoms with Crippen molar-refractivity contribution in [3.63, 3.8) is 0 Å². The zero-order valence-electron chi connectivity index (χ0n) is 15.0. The molecule has 0 unspecified atom stereocenters. The third kappa shape index (κ3) is 3.62. The average molecular weight is 359 g/mol. The molecule has 0 saturated heterocycles. The fourth-order valence-electron chi connectivity index (χ4n) is 3.34. The highest BCUT2D eigenvalue weighted by Crippen LogP contribution is 2.33. The molecule has 2 N–H and O–H groups in total. The van der Waals surface area contributed by atoms with Crippen molar-refractivity contribution in [2.45, 2.75) is 13.0 Å². The number of amides is 1. The van der Waals surface area contributed by atoms with Gasteiger partial charge in [-0.2, -0.15) is 4.98 Å². The van der Waals surface area contributed by atoms with Crippen LogP contribution in [0.3, 0.4) is 0 Å². The van der Waals surface area contributed by atoms with Gasteiger partial charge in [-0.1, -0.05) is 60.7 Å². The summed E-state index contributed by atoms with van der Waals surface area (Å²) in [5.74, 6) is 0.576. The number of carbonyl (C=O) groups is 1. The Balaban J connectivity index is 1.79. The lowest BCUT2D eigenvalue weighted by Gasteiger charge is -2.27. The van der Waals surface area contributed by atoms with Gasteiger partial charge in [0.15, 0.2) is 0 Å². The van der Waals surface area contributed by atoms with Crippen molar-refractivity contribution in [3.05, 3.63) is 77.9 Å². The van der Waals surface area contributed by atoms with Crippen LogP contribution in [0.5, 0.6) is 5.88 Å². The first-order chi connectivity index (χ1) is 13.2. The van der Waals surface area contributed by atoms with E-state index in [2.05, 4.69) is 4.98 Å². The van der Waals surface area contributed by atoms with Gasteiger partial charge in [-0.3, -0.25) is 4.79 Å². The predicted octanol–water partition coefficient (Wildman–Crippen LogP) is 3.76. The van der Waals surface area contributed by atoms with Crippen molar-refractivity contribution in [2.24, 2.45) is 0 Å². The molecule has 1 aliphatic rings. The first kappa shape index (κ1) is 17.1. The van der Waals surface area contributed by atoms with Gasteiger partial charge in [0.25, 0.3) is 5.91 Å². The van der Waals surface area contributed by atoms with E-state index in [-0.39, 0.29) is 5.91 Å². The number of nitrogens with two attached hydrogens (primary N) is 1. The van der Waals surface area contributed by atoms with Gasteiger partial charge < -0.3 is 15.4 Å². The number of hydrogen-bond donors (Lipinski definition) is 1. The van der Waals surface area contributed by atoms with E-state index in [1.54, 1.807) is 6.07 Å². The van der Waals surface area contributed by atoms with Crippen molar-refractivity contribution in [3.8, 4) is 17.0 Å². The monoisotopic (exact) mass is 359 g/mol. The maximum absolute atomic E-state index is 13.5. The lowest BCUT2D eigenvalue weighted by atomic mass is 9.99. The minimum atomic E-state index is -0.0834. The van der Waals surface area contributed by atoms with Crippen LogP contribution < -0.4 is 10.5 Å². The summed E-state index contributed by atoms with van der Waals surface area (Å²) in [5, 5.41) is 0. The van der Waals surface area contributed by atoms with E-state index in [4.69, 9.17) is 10.5 Å². The van der Waals surface area contributed by atoms with E-state index in [1.165, 1.54) is 0 Å². The molecule has 4 rings (SSSR count). The topological polar surface area (TPSA) is 68.5 Å². The highest BCUT2D eigenvalue weighted by Gasteiger charge is 2.27. The zero-order chi connectivity index (χ0) is 18.6. The lowest BCUT2D eigenvalue weighted by Crippen LogP contribution is -2.35. The number of nitrogen functional groups attached to an aromatic ring is 1. The minimum Gasteiger partial charge on any atom is -0.477 e. The summed E-state index contributed by atoms with van der Waals surface area (Å²) in [4.78, 5) is 19.6. The summed E-state index contributed by atoms with van der Waals surface area (Å²) >= 11 is 0. The second-order valence-electron chi connectivity index (χ2n) is 6.56. The number of hydrogen-bond acceptors (Lipinski definition) is 4. The number of ether oxygens (including phenoxy) is 1. The molecule has 0 fully saturated rings. The van der Waals surface area contributed by atoms with Gasteiger partial charge >= 0.3 is 0 Å². The summed E-state index contributed by atoms with van der Waals surface area (Å²) < 4.78 is 5.80. The predicted molar refractivity (Wildman–Crippen MR) is 105 cm³/mol. The van der Waals surface area contributed by atoms with Gasteiger partial charge in [0.2, 0.25) is 5.88 Å². The third-order valence-corrected chi connectivity index (χ3v) is 4.62. The Hall–Kier alpha value is -3.34. The first-order valence-corrected chi connectivity index (χ1v) is 9.04. The maximum atomic E-state index is 13.5. The molecule has 2 heterocycles. The maximum Gasteiger partial charge on any atom is 0.260 e. The molecule has 1 aromatic heterocycles. The van der Waals surface area contributed by atoms with Crippen LogP contribution in [-0.4, -0.2) is 28.9 Å². The van der Waals surface area contributed by atoms with E-state index >= 15 is 0 Å². The van der Waals surface area contributed by atoms with Crippen LogP contribution in [0.15, 0.2) is 66.7 Å². The van der Waals surface area contributed by atoms with Crippen molar-refractivity contribution >= 4 is 11.7 Å². The second-order valence-corrected chi connectivity index (χ2v) is 6.56. The first-order valence-electron chi connectivity index (χ1n) is 9.04. The van der Waals surface area contributed by atoms with E-state index < -0.39 is 0 Å². The average Bonchev–Trinajstić information content (AvgIpc) is 2.70. The van der Waals surface area contributed by atoms with Crippen LogP contribution in [0.2, 0.25) is 0 Å². The fraction of sp³-hybridized carbons (Fsp3) is 0.182. The summed E-state index contributed by atoms with van der Waals surface area (Å²) in [7, 11) is 0. The summed E-state index contributed by atoms with van der Waals surface area (Å²) in [5.41, 5.74) is 9.24. The number of benzene rings is 2. The molecule has 0 atom stereocenters. The molecule has 0 bridgehead atoms. The van der Waals surface area contributed by atoms with Crippen LogP contribution in [-0.2, 0) is 6.54 Å². The standard InChI is InChI=1S/C22H21N3O2/c23-19-14-18(17-10-5-2-6-11-17)20-21(24-19)27-13-7-12-25(22(20)26)15-16-8-3-1-4-9-16/h1-6,8-11,14H,7,12-13,15H2,(H2,23,24). The van der Waals surface area contributed by atoms with E-state index in [9.17, 15) is 4.79 Å². The molecule has 3 aromatic rings. The van der Waals surface area contributed by atoms with Gasteiger partial charge in [0.1, 0.15) is 11.4 Å². The number of anilines is 1. The molecular weight excluding hydrogens is 338 g/mol. The van der Waals surface area contributed by atoms with E-state index in [0.717, 1.165) is 23.1 Å². The highest BCUT2D eigenvalue weighted by atomic mass is 16.5. The van der Waals surface area contributed by atoms with Crippen molar-refractivity contribution < 1.29 is 9.53 Å². The van der Waals surface area contributed by atoms with Crippen LogP contribution in [0.1, 0.15) is 22.3 Å². The zero-order valence-corrected chi connectivity index (χ0v) is 15.0. The van der Waals surface area contributed by atoms with Crippen LogP contribution >= 0.6 is 0 Å². The van der Waals surface area contributed by atoms with Gasteiger partial charge in [-0.15, -0.1) is 0 Å². The van der Waals surface area contributed by atoms with Crippen molar-refractivity contribution in [1.82, 2.24) is 9.88 Å². The number of nitrogens with zero attached hydrogens (tertiary/aromatic N) is 2. The summed E-state index contributed by atoms with van der Waals surface area (Å²) in [6.07, 6.45) is 0.745. The van der Waals surface area contributed by atoms with E-state index in [1.807, 2.05) is 65.6 Å². The minimum absolute atomic E-state index is 0.0834. The number of aromatic nitrogens is 1. The highest BCUT2D eigenvalue weighted by molar-refractivity contribution is 6.03. The Morgan fingerprint density at radius 3 is 2.48 bits per heavy atom. The normalized spacial score (nSPS) is 14.1. The Bertz CT molecular complexity index is 943. The summed E-state index contributed by atoms with van der Waals surface area (Å²) in [6, 6.07) is 21.5. The second kappa shape index (κ2) is 7.50. The number of rotatable bonds is 3. The lowest BCUT2D eigenvalue weighted by molar-refractivity contribution is 0.0711. The van der Waals surface area contributed by atoms with Gasteiger partial charge in [-0.05, 0) is 23.6 Å². The summed E-state index contributed by atoms with van der Waals surface area (Å²) in [6.45, 7) is 1.68. The molecule has 1 aliphatic heterocycles. The molecule has 0 spiro atoms. The molecule has 0 radical (unpaired) electrons. The number of carbonyl (C=O) groups excluding carboxylic acids is 1. The molecular formula is C22H21N3O2. The van der Waals surface area contributed by atoms with Crippen LogP contribution in [0, 0.1) is 0 Å². The van der Waals surface area contributed by atoms with Crippen LogP contribution in [0.4, 0.5) is 5.82 Å². The van der Waals surface area contributed by atoms with Gasteiger partial charge in [0, 0.05) is 18.7 Å². The molecule has 27 heavy (non-hydrogen) atoms. The third-order valence-electron chi connectivity index (χ3n) is 4.62. The Morgan fingerprint density at radius 2 is 1.74 bits per heavy atom. The molecule has 136 valence electrons. The smallest absolute Gasteiger partial charge is 0.260 e. The van der Waals surface area contributed by atoms with Gasteiger partial charge in [-0.25, -0.2) is 0 Å². The molecule has 0 saturated carbocycles. The SMILES string of the molecule is Nc1cc(-c2ccccc2)c2c(n1)OCCCN(Cc1ccccc1)C2=O. The van der Waals surface area contributed by atoms with Crippen molar-refractivity contribution in [2.75, 3.05) is 18.9 Å². The van der Waals surface area contributed by atoms with Crippen molar-refractivity contribution in [1.29, 1.82) is 0 Å². The number of pyridine rings is 1. The molecule has 0 aliphatic carbocycles. The molecule has 5 heteroatoms. The Morgan fingerprint density at radius 1 is 1.04 bits per heavy atom. The molecule has 1 amide bonds. The molecule has 5 nitrogen and oxygen atoms in total. The Labute approximate surface area is 158 Å².